The smallest absolute Gasteiger partial charge is 0.291 e. The molecule has 0 spiro atoms. The summed E-state index contributed by atoms with van der Waals surface area (Å²) in [6, 6.07) is 29.6. The topological polar surface area (TPSA) is 71.3 Å². The summed E-state index contributed by atoms with van der Waals surface area (Å²) < 4.78 is 5.59. The van der Waals surface area contributed by atoms with Crippen LogP contribution in [0.1, 0.15) is 20.9 Å². The monoisotopic (exact) mass is 406 g/mol. The molecule has 0 saturated carbocycles. The minimum atomic E-state index is -0.330. The summed E-state index contributed by atoms with van der Waals surface area (Å²) in [7, 11) is 0. The van der Waals surface area contributed by atoms with Gasteiger partial charge in [0.05, 0.1) is 0 Å². The molecule has 0 fully saturated rings. The van der Waals surface area contributed by atoms with Gasteiger partial charge in [-0.25, -0.2) is 0 Å². The van der Waals surface area contributed by atoms with E-state index in [-0.39, 0.29) is 17.6 Å². The number of furan rings is 1. The highest BCUT2D eigenvalue weighted by Crippen LogP contribution is 2.22. The molecule has 5 rings (SSSR count). The van der Waals surface area contributed by atoms with Crippen LogP contribution in [0.5, 0.6) is 0 Å². The Hall–Kier alpha value is -4.38. The Kier molecular flexibility index (Phi) is 4.69. The van der Waals surface area contributed by atoms with Crippen molar-refractivity contribution in [3.05, 3.63) is 108 Å². The molecule has 4 aromatic carbocycles. The van der Waals surface area contributed by atoms with Crippen molar-refractivity contribution < 1.29 is 14.0 Å². The predicted molar refractivity (Wildman–Crippen MR) is 123 cm³/mol. The Morgan fingerprint density at radius 3 is 1.97 bits per heavy atom. The fraction of sp³-hybridized carbons (Fsp3) is 0. The van der Waals surface area contributed by atoms with Crippen molar-refractivity contribution in [3.8, 4) is 0 Å². The lowest BCUT2D eigenvalue weighted by atomic mass is 10.0. The molecule has 2 amide bonds. The van der Waals surface area contributed by atoms with Gasteiger partial charge in [0.2, 0.25) is 0 Å². The summed E-state index contributed by atoms with van der Waals surface area (Å²) in [5.41, 5.74) is 2.52. The lowest BCUT2D eigenvalue weighted by molar-refractivity contribution is 0.0996. The second-order valence-corrected chi connectivity index (χ2v) is 7.16. The van der Waals surface area contributed by atoms with Crippen LogP contribution in [0.25, 0.3) is 21.7 Å². The van der Waals surface area contributed by atoms with Crippen LogP contribution < -0.4 is 10.6 Å². The molecule has 0 atom stereocenters. The van der Waals surface area contributed by atoms with Crippen molar-refractivity contribution >= 4 is 44.9 Å². The number of anilines is 2. The molecule has 0 radical (unpaired) electrons. The summed E-state index contributed by atoms with van der Waals surface area (Å²) >= 11 is 0. The van der Waals surface area contributed by atoms with E-state index in [9.17, 15) is 9.59 Å². The number of amides is 2. The average Bonchev–Trinajstić information content (AvgIpc) is 3.24. The third-order valence-corrected chi connectivity index (χ3v) is 5.08. The van der Waals surface area contributed by atoms with Crippen molar-refractivity contribution in [1.29, 1.82) is 0 Å². The third-order valence-electron chi connectivity index (χ3n) is 5.08. The van der Waals surface area contributed by atoms with Crippen LogP contribution in [-0.4, -0.2) is 11.8 Å². The molecule has 0 bridgehead atoms. The molecule has 1 heterocycles. The molecule has 1 aromatic heterocycles. The maximum atomic E-state index is 12.8. The molecular weight excluding hydrogens is 388 g/mol. The Morgan fingerprint density at radius 1 is 0.613 bits per heavy atom. The van der Waals surface area contributed by atoms with E-state index < -0.39 is 0 Å². The maximum absolute atomic E-state index is 12.8. The molecule has 0 aliphatic heterocycles. The van der Waals surface area contributed by atoms with Crippen molar-refractivity contribution in [2.45, 2.75) is 0 Å². The van der Waals surface area contributed by atoms with Gasteiger partial charge in [-0.2, -0.15) is 0 Å². The largest absolute Gasteiger partial charge is 0.451 e. The van der Waals surface area contributed by atoms with E-state index in [4.69, 9.17) is 4.42 Å². The van der Waals surface area contributed by atoms with Crippen LogP contribution in [0.15, 0.2) is 101 Å². The zero-order valence-electron chi connectivity index (χ0n) is 16.5. The van der Waals surface area contributed by atoms with Gasteiger partial charge in [-0.3, -0.25) is 9.59 Å². The van der Waals surface area contributed by atoms with E-state index in [1.54, 1.807) is 36.4 Å². The highest BCUT2D eigenvalue weighted by molar-refractivity contribution is 6.13. The summed E-state index contributed by atoms with van der Waals surface area (Å²) in [4.78, 5) is 25.2. The van der Waals surface area contributed by atoms with Gasteiger partial charge < -0.3 is 15.1 Å². The van der Waals surface area contributed by atoms with Crippen molar-refractivity contribution in [3.63, 3.8) is 0 Å². The lowest BCUT2D eigenvalue weighted by Crippen LogP contribution is -2.13. The summed E-state index contributed by atoms with van der Waals surface area (Å²) in [6.07, 6.45) is 0. The second-order valence-electron chi connectivity index (χ2n) is 7.16. The van der Waals surface area contributed by atoms with E-state index >= 15 is 0 Å². The quantitative estimate of drug-likeness (QED) is 0.379. The fourth-order valence-electron chi connectivity index (χ4n) is 3.55. The number of fused-ring (bicyclic) bond motifs is 2. The van der Waals surface area contributed by atoms with Crippen molar-refractivity contribution in [2.75, 3.05) is 10.6 Å². The molecule has 0 saturated heterocycles. The Balaban J connectivity index is 1.29. The normalized spacial score (nSPS) is 10.8. The van der Waals surface area contributed by atoms with E-state index in [1.807, 2.05) is 60.7 Å². The van der Waals surface area contributed by atoms with Crippen molar-refractivity contribution in [2.24, 2.45) is 0 Å². The minimum Gasteiger partial charge on any atom is -0.451 e. The molecule has 2 N–H and O–H groups in total. The summed E-state index contributed by atoms with van der Waals surface area (Å²) in [6.45, 7) is 0. The van der Waals surface area contributed by atoms with Crippen LogP contribution in [0.3, 0.4) is 0 Å². The van der Waals surface area contributed by atoms with Gasteiger partial charge in [-0.05, 0) is 53.2 Å². The molecule has 0 aliphatic rings. The van der Waals surface area contributed by atoms with Gasteiger partial charge in [0, 0.05) is 22.3 Å². The first-order chi connectivity index (χ1) is 15.2. The molecule has 31 heavy (non-hydrogen) atoms. The second kappa shape index (κ2) is 7.80. The van der Waals surface area contributed by atoms with E-state index in [1.165, 1.54) is 0 Å². The average molecular weight is 406 g/mol. The van der Waals surface area contributed by atoms with Gasteiger partial charge in [0.15, 0.2) is 5.76 Å². The van der Waals surface area contributed by atoms with Crippen LogP contribution >= 0.6 is 0 Å². The molecular formula is C26H18N2O3. The number of rotatable bonds is 4. The number of carbonyl (C=O) groups excluding carboxylic acids is 2. The van der Waals surface area contributed by atoms with Gasteiger partial charge in [0.1, 0.15) is 5.58 Å². The van der Waals surface area contributed by atoms with Crippen LogP contribution in [-0.2, 0) is 0 Å². The fourth-order valence-corrected chi connectivity index (χ4v) is 3.55. The highest BCUT2D eigenvalue weighted by Gasteiger charge is 2.13. The van der Waals surface area contributed by atoms with E-state index in [0.29, 0.717) is 22.5 Å². The Morgan fingerprint density at radius 2 is 1.23 bits per heavy atom. The number of hydrogen-bond donors (Lipinski definition) is 2. The number of para-hydroxylation sites is 1. The summed E-state index contributed by atoms with van der Waals surface area (Å²) in [5.74, 6) is -0.269. The minimum absolute atomic E-state index is 0.184. The van der Waals surface area contributed by atoms with E-state index in [0.717, 1.165) is 16.2 Å². The number of nitrogens with one attached hydrogen (secondary N) is 2. The number of carbonyl (C=O) groups is 2. The highest BCUT2D eigenvalue weighted by atomic mass is 16.3. The molecule has 5 nitrogen and oxygen atoms in total. The predicted octanol–water partition coefficient (Wildman–Crippen LogP) is 6.09. The number of benzene rings is 4. The SMILES string of the molecule is O=C(Nc1ccc(NC(=O)c2cccc3ccccc23)cc1)c1cc2ccccc2o1. The van der Waals surface area contributed by atoms with E-state index in [2.05, 4.69) is 10.6 Å². The molecule has 150 valence electrons. The number of hydrogen-bond acceptors (Lipinski definition) is 3. The standard InChI is InChI=1S/C26H18N2O3/c29-25(22-10-5-8-17-6-1-3-9-21(17)22)27-19-12-14-20(15-13-19)28-26(30)24-16-18-7-2-4-11-23(18)31-24/h1-16H,(H,27,29)(H,28,30). The van der Waals surface area contributed by atoms with Crippen LogP contribution in [0, 0.1) is 0 Å². The lowest BCUT2D eigenvalue weighted by Gasteiger charge is -2.09. The Labute approximate surface area is 178 Å². The van der Waals surface area contributed by atoms with Gasteiger partial charge in [0.25, 0.3) is 11.8 Å². The van der Waals surface area contributed by atoms with Gasteiger partial charge >= 0.3 is 0 Å². The first-order valence-electron chi connectivity index (χ1n) is 9.86. The van der Waals surface area contributed by atoms with Gasteiger partial charge in [-0.1, -0.05) is 54.6 Å². The maximum Gasteiger partial charge on any atom is 0.291 e. The zero-order chi connectivity index (χ0) is 21.2. The van der Waals surface area contributed by atoms with Gasteiger partial charge in [-0.15, -0.1) is 0 Å². The molecule has 0 aliphatic carbocycles. The van der Waals surface area contributed by atoms with Crippen LogP contribution in [0.4, 0.5) is 11.4 Å². The molecule has 0 unspecified atom stereocenters. The third kappa shape index (κ3) is 3.76. The Bertz CT molecular complexity index is 1380. The summed E-state index contributed by atoms with van der Waals surface area (Å²) in [5, 5.41) is 8.51. The first kappa shape index (κ1) is 18.6. The molecule has 5 aromatic rings. The zero-order valence-corrected chi connectivity index (χ0v) is 16.5. The van der Waals surface area contributed by atoms with Crippen molar-refractivity contribution in [1.82, 2.24) is 0 Å². The van der Waals surface area contributed by atoms with Crippen LogP contribution in [0.2, 0.25) is 0 Å². The first-order valence-corrected chi connectivity index (χ1v) is 9.86. The molecule has 5 heteroatoms.